The highest BCUT2D eigenvalue weighted by molar-refractivity contribution is 7.09. The van der Waals surface area contributed by atoms with Crippen molar-refractivity contribution in [3.63, 3.8) is 0 Å². The quantitative estimate of drug-likeness (QED) is 0.459. The van der Waals surface area contributed by atoms with E-state index in [1.54, 1.807) is 31.5 Å². The highest BCUT2D eigenvalue weighted by Crippen LogP contribution is 2.47. The average Bonchev–Trinajstić information content (AvgIpc) is 3.42. The van der Waals surface area contributed by atoms with Crippen molar-refractivity contribution in [1.29, 1.82) is 0 Å². The van der Waals surface area contributed by atoms with Crippen LogP contribution in [0.5, 0.6) is 5.75 Å². The average molecular weight is 501 g/mol. The fourth-order valence-corrected chi connectivity index (χ4v) is 5.51. The predicted molar refractivity (Wildman–Crippen MR) is 137 cm³/mol. The summed E-state index contributed by atoms with van der Waals surface area (Å²) in [6.45, 7) is 12.7. The van der Waals surface area contributed by atoms with Crippen LogP contribution in [-0.2, 0) is 14.9 Å². The second-order valence-corrected chi connectivity index (χ2v) is 11.2. The lowest BCUT2D eigenvalue weighted by Crippen LogP contribution is -2.54. The van der Waals surface area contributed by atoms with Gasteiger partial charge in [-0.1, -0.05) is 40.7 Å². The van der Waals surface area contributed by atoms with E-state index in [4.69, 9.17) is 9.47 Å². The molecule has 2 atom stereocenters. The van der Waals surface area contributed by atoms with Gasteiger partial charge in [-0.15, -0.1) is 11.3 Å². The Balaban J connectivity index is 2.21. The van der Waals surface area contributed by atoms with Gasteiger partial charge < -0.3 is 19.5 Å². The monoisotopic (exact) mass is 500 g/mol. The van der Waals surface area contributed by atoms with Crippen LogP contribution in [0.2, 0.25) is 0 Å². The van der Waals surface area contributed by atoms with E-state index in [-0.39, 0.29) is 30.3 Å². The maximum Gasteiger partial charge on any atom is 0.333 e. The van der Waals surface area contributed by atoms with Gasteiger partial charge in [-0.3, -0.25) is 4.79 Å². The van der Waals surface area contributed by atoms with Crippen molar-refractivity contribution in [2.45, 2.75) is 65.0 Å². The van der Waals surface area contributed by atoms with E-state index in [0.29, 0.717) is 22.9 Å². The maximum absolute atomic E-state index is 14.2. The van der Waals surface area contributed by atoms with Crippen molar-refractivity contribution >= 4 is 23.2 Å². The van der Waals surface area contributed by atoms with Crippen molar-refractivity contribution < 1.29 is 24.2 Å². The van der Waals surface area contributed by atoms with Gasteiger partial charge in [-0.05, 0) is 54.0 Å². The molecule has 1 amide bonds. The molecule has 0 aliphatic carbocycles. The zero-order valence-corrected chi connectivity index (χ0v) is 22.4. The number of carboxylic acids is 1. The molecule has 0 saturated heterocycles. The Morgan fingerprint density at radius 3 is 2.51 bits per heavy atom. The number of benzene rings is 1. The number of ether oxygens (including phenoxy) is 2. The highest BCUT2D eigenvalue weighted by atomic mass is 32.1. The standard InChI is InChI=1S/C27H36N2O5S/c1-8-34-16-19-15-27(25(31)32,14-17(2)3)29(22(19)23-28-11-12-35-23)24(30)18-9-10-20(26(4,5)6)21(13-18)33-7/h9-13,15,17,22H,8,14,16H2,1-7H3,(H,31,32)/t22-,27+/m1/s1. The number of aromatic nitrogens is 1. The SMILES string of the molecule is CCOCC1=C[C@@](CC(C)C)(C(=O)O)N(C(=O)c2ccc(C(C)(C)C)c(OC)c2)[C@H]1c1nccs1. The molecule has 190 valence electrons. The topological polar surface area (TPSA) is 89.0 Å². The molecule has 0 unspecified atom stereocenters. The lowest BCUT2D eigenvalue weighted by atomic mass is 9.85. The van der Waals surface area contributed by atoms with E-state index in [0.717, 1.165) is 11.1 Å². The highest BCUT2D eigenvalue weighted by Gasteiger charge is 2.55. The fourth-order valence-electron chi connectivity index (χ4n) is 4.74. The molecule has 0 fully saturated rings. The van der Waals surface area contributed by atoms with Crippen LogP contribution in [0.15, 0.2) is 41.4 Å². The molecule has 1 aliphatic heterocycles. The molecular formula is C27H36N2O5S. The van der Waals surface area contributed by atoms with Crippen LogP contribution >= 0.6 is 11.3 Å². The van der Waals surface area contributed by atoms with Gasteiger partial charge in [0.05, 0.1) is 13.7 Å². The minimum absolute atomic E-state index is 0.0267. The van der Waals surface area contributed by atoms with E-state index >= 15 is 0 Å². The number of carbonyl (C=O) groups excluding carboxylic acids is 1. The van der Waals surface area contributed by atoms with Crippen LogP contribution in [0.1, 0.15) is 74.9 Å². The number of nitrogens with zero attached hydrogens (tertiary/aromatic N) is 2. The van der Waals surface area contributed by atoms with Crippen LogP contribution < -0.4 is 4.74 Å². The third-order valence-corrected chi connectivity index (χ3v) is 7.01. The summed E-state index contributed by atoms with van der Waals surface area (Å²) in [5.74, 6) is -0.819. The lowest BCUT2D eigenvalue weighted by molar-refractivity contribution is -0.147. The number of carbonyl (C=O) groups is 2. The van der Waals surface area contributed by atoms with E-state index in [1.807, 2.05) is 32.2 Å². The molecule has 35 heavy (non-hydrogen) atoms. The molecule has 0 radical (unpaired) electrons. The van der Waals surface area contributed by atoms with E-state index in [2.05, 4.69) is 25.8 Å². The molecule has 1 aromatic heterocycles. The first-order chi connectivity index (χ1) is 16.5. The number of rotatable bonds is 9. The zero-order chi connectivity index (χ0) is 26.0. The molecule has 0 saturated carbocycles. The Labute approximate surface area is 211 Å². The summed E-state index contributed by atoms with van der Waals surface area (Å²) < 4.78 is 11.3. The number of thiazole rings is 1. The second kappa shape index (κ2) is 10.5. The van der Waals surface area contributed by atoms with Gasteiger partial charge in [0, 0.05) is 23.7 Å². The minimum atomic E-state index is -1.52. The fraction of sp³-hybridized carbons (Fsp3) is 0.519. The summed E-state index contributed by atoms with van der Waals surface area (Å²) in [5.41, 5.74) is 0.368. The van der Waals surface area contributed by atoms with Gasteiger partial charge >= 0.3 is 5.97 Å². The molecule has 1 aliphatic rings. The van der Waals surface area contributed by atoms with Gasteiger partial charge in [-0.25, -0.2) is 9.78 Å². The zero-order valence-electron chi connectivity index (χ0n) is 21.6. The number of carboxylic acid groups (broad SMARTS) is 1. The second-order valence-electron chi connectivity index (χ2n) is 10.3. The third kappa shape index (κ3) is 5.28. The molecule has 3 rings (SSSR count). The first kappa shape index (κ1) is 26.9. The van der Waals surface area contributed by atoms with E-state index in [9.17, 15) is 14.7 Å². The molecular weight excluding hydrogens is 464 g/mol. The first-order valence-electron chi connectivity index (χ1n) is 11.9. The third-order valence-electron chi connectivity index (χ3n) is 6.19. The molecule has 2 aromatic rings. The molecule has 0 bridgehead atoms. The largest absolute Gasteiger partial charge is 0.496 e. The Morgan fingerprint density at radius 2 is 2.00 bits per heavy atom. The molecule has 7 nitrogen and oxygen atoms in total. The van der Waals surface area contributed by atoms with Crippen molar-refractivity contribution in [2.75, 3.05) is 20.3 Å². The molecule has 0 spiro atoms. The van der Waals surface area contributed by atoms with Gasteiger partial charge in [0.25, 0.3) is 5.91 Å². The maximum atomic E-state index is 14.2. The van der Waals surface area contributed by atoms with Crippen LogP contribution in [0, 0.1) is 5.92 Å². The molecule has 8 heteroatoms. The molecule has 2 heterocycles. The Kier molecular flexibility index (Phi) is 8.07. The van der Waals surface area contributed by atoms with Crippen molar-refractivity contribution in [2.24, 2.45) is 5.92 Å². The number of methoxy groups -OCH3 is 1. The van der Waals surface area contributed by atoms with Crippen LogP contribution in [0.25, 0.3) is 0 Å². The smallest absolute Gasteiger partial charge is 0.333 e. The van der Waals surface area contributed by atoms with Crippen molar-refractivity contribution in [3.8, 4) is 5.75 Å². The predicted octanol–water partition coefficient (Wildman–Crippen LogP) is 5.48. The van der Waals surface area contributed by atoms with Gasteiger partial charge in [-0.2, -0.15) is 0 Å². The summed E-state index contributed by atoms with van der Waals surface area (Å²) in [4.78, 5) is 33.1. The number of amides is 1. The molecule has 1 N–H and O–H groups in total. The van der Waals surface area contributed by atoms with Crippen LogP contribution in [0.3, 0.4) is 0 Å². The summed E-state index contributed by atoms with van der Waals surface area (Å²) >= 11 is 1.40. The van der Waals surface area contributed by atoms with Crippen molar-refractivity contribution in [1.82, 2.24) is 9.88 Å². The Hall–Kier alpha value is -2.71. The number of hydrogen-bond acceptors (Lipinski definition) is 6. The van der Waals surface area contributed by atoms with E-state index < -0.39 is 17.6 Å². The lowest BCUT2D eigenvalue weighted by Gasteiger charge is -2.39. The van der Waals surface area contributed by atoms with Crippen LogP contribution in [-0.4, -0.2) is 52.7 Å². The number of aliphatic carboxylic acids is 1. The Morgan fingerprint density at radius 1 is 1.29 bits per heavy atom. The Bertz CT molecular complexity index is 1090. The summed E-state index contributed by atoms with van der Waals surface area (Å²) in [6.07, 6.45) is 3.66. The summed E-state index contributed by atoms with van der Waals surface area (Å²) in [5, 5.41) is 13.1. The van der Waals surface area contributed by atoms with Crippen LogP contribution in [0.4, 0.5) is 0 Å². The summed E-state index contributed by atoms with van der Waals surface area (Å²) in [7, 11) is 1.58. The normalized spacial score (nSPS) is 20.3. The van der Waals surface area contributed by atoms with Gasteiger partial charge in [0.1, 0.15) is 16.8 Å². The summed E-state index contributed by atoms with van der Waals surface area (Å²) in [6, 6.07) is 4.73. The minimum Gasteiger partial charge on any atom is -0.496 e. The molecule has 1 aromatic carbocycles. The van der Waals surface area contributed by atoms with E-state index in [1.165, 1.54) is 16.2 Å². The van der Waals surface area contributed by atoms with Crippen molar-refractivity contribution in [3.05, 3.63) is 57.6 Å². The van der Waals surface area contributed by atoms with Gasteiger partial charge in [0.2, 0.25) is 0 Å². The number of hydrogen-bond donors (Lipinski definition) is 1. The first-order valence-corrected chi connectivity index (χ1v) is 12.8. The van der Waals surface area contributed by atoms with Gasteiger partial charge in [0.15, 0.2) is 5.54 Å².